The molecule has 104 valence electrons. The van der Waals surface area contributed by atoms with E-state index in [0.29, 0.717) is 0 Å². The van der Waals surface area contributed by atoms with Gasteiger partial charge in [0.15, 0.2) is 5.69 Å². The molecule has 0 aliphatic carbocycles. The Hall–Kier alpha value is -1.38. The summed E-state index contributed by atoms with van der Waals surface area (Å²) < 4.78 is 38.6. The van der Waals surface area contributed by atoms with E-state index in [1.54, 1.807) is 13.8 Å². The van der Waals surface area contributed by atoms with Gasteiger partial charge in [0, 0.05) is 6.04 Å². The Balaban J connectivity index is 2.73. The Morgan fingerprint density at radius 2 is 1.89 bits per heavy atom. The second kappa shape index (κ2) is 4.32. The summed E-state index contributed by atoms with van der Waals surface area (Å²) >= 11 is 2.60. The SMILES string of the molecule is CC(C)N1C(=O)Cn2c1nc(C(F)(F)F)c(Br)c2=O. The summed E-state index contributed by atoms with van der Waals surface area (Å²) in [6, 6.07) is -0.379. The number of hydrogen-bond donors (Lipinski definition) is 0. The Morgan fingerprint density at radius 1 is 1.32 bits per heavy atom. The van der Waals surface area contributed by atoms with E-state index < -0.39 is 27.8 Å². The molecule has 19 heavy (non-hydrogen) atoms. The third-order valence-electron chi connectivity index (χ3n) is 2.66. The Bertz CT molecular complexity index is 609. The number of anilines is 1. The minimum atomic E-state index is -4.76. The Kier molecular flexibility index (Phi) is 3.20. The number of amides is 1. The number of fused-ring (bicyclic) bond motifs is 1. The molecule has 0 fully saturated rings. The summed E-state index contributed by atoms with van der Waals surface area (Å²) in [5.74, 6) is -0.716. The minimum Gasteiger partial charge on any atom is -0.278 e. The zero-order valence-corrected chi connectivity index (χ0v) is 11.5. The maximum Gasteiger partial charge on any atom is 0.434 e. The van der Waals surface area contributed by atoms with Gasteiger partial charge in [-0.15, -0.1) is 0 Å². The predicted molar refractivity (Wildman–Crippen MR) is 63.8 cm³/mol. The van der Waals surface area contributed by atoms with Crippen molar-refractivity contribution in [2.24, 2.45) is 0 Å². The van der Waals surface area contributed by atoms with E-state index in [4.69, 9.17) is 0 Å². The van der Waals surface area contributed by atoms with Gasteiger partial charge in [-0.1, -0.05) is 0 Å². The lowest BCUT2D eigenvalue weighted by Crippen LogP contribution is -2.34. The molecule has 0 saturated heterocycles. The van der Waals surface area contributed by atoms with Gasteiger partial charge in [0.25, 0.3) is 5.56 Å². The summed E-state index contributed by atoms with van der Waals surface area (Å²) in [7, 11) is 0. The van der Waals surface area contributed by atoms with Crippen molar-refractivity contribution in [1.82, 2.24) is 9.55 Å². The quantitative estimate of drug-likeness (QED) is 0.783. The number of halogens is 4. The van der Waals surface area contributed by atoms with E-state index in [-0.39, 0.29) is 18.5 Å². The largest absolute Gasteiger partial charge is 0.434 e. The molecule has 0 radical (unpaired) electrons. The molecule has 5 nitrogen and oxygen atoms in total. The van der Waals surface area contributed by atoms with Crippen molar-refractivity contribution in [3.63, 3.8) is 0 Å². The number of alkyl halides is 3. The molecule has 0 aromatic carbocycles. The maximum absolute atomic E-state index is 12.8. The van der Waals surface area contributed by atoms with E-state index >= 15 is 0 Å². The van der Waals surface area contributed by atoms with Crippen LogP contribution in [0.3, 0.4) is 0 Å². The van der Waals surface area contributed by atoms with Crippen LogP contribution in [-0.4, -0.2) is 21.5 Å². The van der Waals surface area contributed by atoms with Crippen molar-refractivity contribution in [2.45, 2.75) is 32.6 Å². The van der Waals surface area contributed by atoms with Crippen LogP contribution >= 0.6 is 15.9 Å². The molecule has 1 aliphatic heterocycles. The van der Waals surface area contributed by atoms with Gasteiger partial charge in [-0.2, -0.15) is 13.2 Å². The number of nitrogens with zero attached hydrogens (tertiary/aromatic N) is 3. The van der Waals surface area contributed by atoms with Crippen LogP contribution in [0.2, 0.25) is 0 Å². The lowest BCUT2D eigenvalue weighted by Gasteiger charge is -2.20. The third kappa shape index (κ3) is 2.15. The first-order valence-corrected chi connectivity index (χ1v) is 6.13. The van der Waals surface area contributed by atoms with E-state index in [1.165, 1.54) is 0 Å². The molecule has 0 spiro atoms. The summed E-state index contributed by atoms with van der Waals surface area (Å²) in [4.78, 5) is 28.1. The molecule has 1 amide bonds. The van der Waals surface area contributed by atoms with Gasteiger partial charge in [0.1, 0.15) is 11.0 Å². The molecule has 9 heteroatoms. The minimum absolute atomic E-state index is 0.263. The topological polar surface area (TPSA) is 55.2 Å². The normalized spacial score (nSPS) is 15.3. The fourth-order valence-electron chi connectivity index (χ4n) is 1.88. The predicted octanol–water partition coefficient (Wildman–Crippen LogP) is 1.78. The first-order chi connectivity index (χ1) is 8.64. The fourth-order valence-corrected chi connectivity index (χ4v) is 2.40. The van der Waals surface area contributed by atoms with Crippen molar-refractivity contribution >= 4 is 27.8 Å². The molecule has 2 rings (SSSR count). The van der Waals surface area contributed by atoms with Crippen molar-refractivity contribution < 1.29 is 18.0 Å². The smallest absolute Gasteiger partial charge is 0.278 e. The summed E-state index contributed by atoms with van der Waals surface area (Å²) in [6.45, 7) is 2.97. The number of hydrogen-bond acceptors (Lipinski definition) is 3. The molecule has 1 aliphatic rings. The van der Waals surface area contributed by atoms with Gasteiger partial charge in [0.05, 0.1) is 0 Å². The Morgan fingerprint density at radius 3 is 2.37 bits per heavy atom. The van der Waals surface area contributed by atoms with E-state index in [0.717, 1.165) is 9.47 Å². The van der Waals surface area contributed by atoms with Crippen LogP contribution in [0, 0.1) is 0 Å². The molecule has 0 atom stereocenters. The van der Waals surface area contributed by atoms with Crippen LogP contribution in [-0.2, 0) is 17.5 Å². The first kappa shape index (κ1) is 14.0. The molecule has 0 bridgehead atoms. The number of rotatable bonds is 1. The highest BCUT2D eigenvalue weighted by molar-refractivity contribution is 9.10. The van der Waals surface area contributed by atoms with Crippen LogP contribution < -0.4 is 10.5 Å². The van der Waals surface area contributed by atoms with Crippen LogP contribution in [0.5, 0.6) is 0 Å². The average Bonchev–Trinajstić information content (AvgIpc) is 2.58. The molecule has 0 saturated carbocycles. The van der Waals surface area contributed by atoms with Gasteiger partial charge in [-0.3, -0.25) is 19.1 Å². The molecule has 0 N–H and O–H groups in total. The van der Waals surface area contributed by atoms with Crippen molar-refractivity contribution in [3.05, 3.63) is 20.5 Å². The fraction of sp³-hybridized carbons (Fsp3) is 0.500. The van der Waals surface area contributed by atoms with Crippen LogP contribution in [0.15, 0.2) is 9.27 Å². The molecule has 1 aromatic heterocycles. The van der Waals surface area contributed by atoms with Gasteiger partial charge < -0.3 is 0 Å². The van der Waals surface area contributed by atoms with Crippen LogP contribution in [0.1, 0.15) is 19.5 Å². The summed E-state index contributed by atoms with van der Waals surface area (Å²) in [6.07, 6.45) is -4.76. The van der Waals surface area contributed by atoms with Gasteiger partial charge in [-0.25, -0.2) is 4.98 Å². The highest BCUT2D eigenvalue weighted by Gasteiger charge is 2.41. The van der Waals surface area contributed by atoms with Gasteiger partial charge >= 0.3 is 6.18 Å². The lowest BCUT2D eigenvalue weighted by molar-refractivity contribution is -0.142. The van der Waals surface area contributed by atoms with E-state index in [2.05, 4.69) is 20.9 Å². The number of carbonyl (C=O) groups excluding carboxylic acids is 1. The standard InChI is InChI=1S/C10H9BrF3N3O2/c1-4(2)17-5(18)3-16-8(19)6(11)7(10(12,13)14)15-9(16)17/h4H,3H2,1-2H3. The number of carbonyl (C=O) groups is 1. The molecule has 1 aromatic rings. The third-order valence-corrected chi connectivity index (χ3v) is 3.37. The van der Waals surface area contributed by atoms with Crippen molar-refractivity contribution in [2.75, 3.05) is 4.90 Å². The molecule has 0 unspecified atom stereocenters. The summed E-state index contributed by atoms with van der Waals surface area (Å²) in [5, 5.41) is 0. The maximum atomic E-state index is 12.8. The van der Waals surface area contributed by atoms with E-state index in [1.807, 2.05) is 0 Å². The zero-order valence-electron chi connectivity index (χ0n) is 9.95. The van der Waals surface area contributed by atoms with E-state index in [9.17, 15) is 22.8 Å². The van der Waals surface area contributed by atoms with Gasteiger partial charge in [0.2, 0.25) is 11.9 Å². The highest BCUT2D eigenvalue weighted by Crippen LogP contribution is 2.34. The highest BCUT2D eigenvalue weighted by atomic mass is 79.9. The van der Waals surface area contributed by atoms with Crippen molar-refractivity contribution in [1.29, 1.82) is 0 Å². The van der Waals surface area contributed by atoms with Crippen molar-refractivity contribution in [3.8, 4) is 0 Å². The van der Waals surface area contributed by atoms with Gasteiger partial charge in [-0.05, 0) is 29.8 Å². The summed E-state index contributed by atoms with van der Waals surface area (Å²) in [5.41, 5.74) is -2.22. The van der Waals surface area contributed by atoms with Crippen LogP contribution in [0.25, 0.3) is 0 Å². The lowest BCUT2D eigenvalue weighted by atomic mass is 10.3. The first-order valence-electron chi connectivity index (χ1n) is 5.34. The average molecular weight is 340 g/mol. The second-order valence-corrected chi connectivity index (χ2v) is 5.11. The van der Waals surface area contributed by atoms with Crippen LogP contribution in [0.4, 0.5) is 19.1 Å². The molecule has 2 heterocycles. The second-order valence-electron chi connectivity index (χ2n) is 4.32. The Labute approximate surface area is 114 Å². The molecular formula is C10H9BrF3N3O2. The molecular weight excluding hydrogens is 331 g/mol. The zero-order chi connectivity index (χ0) is 14.5. The number of aromatic nitrogens is 2. The monoisotopic (exact) mass is 339 g/mol.